The summed E-state index contributed by atoms with van der Waals surface area (Å²) in [4.78, 5) is 79.3. The van der Waals surface area contributed by atoms with Crippen LogP contribution < -0.4 is 10.6 Å². The number of methoxy groups -OCH3 is 2. The first-order valence-corrected chi connectivity index (χ1v) is 20.0. The van der Waals surface area contributed by atoms with Gasteiger partial charge in [0, 0.05) is 53.9 Å². The number of hydrogen-bond acceptors (Lipinski definition) is 8. The fraction of sp³-hybridized carbons (Fsp3) is 0.409. The third-order valence-corrected chi connectivity index (χ3v) is 11.0. The molecule has 0 spiro atoms. The van der Waals surface area contributed by atoms with E-state index in [1.807, 2.05) is 93.3 Å². The van der Waals surface area contributed by atoms with E-state index >= 15 is 0 Å². The minimum absolute atomic E-state index is 0.0118. The predicted molar refractivity (Wildman–Crippen MR) is 222 cm³/mol. The lowest BCUT2D eigenvalue weighted by Crippen LogP contribution is -2.58. The number of hydrogen-bond donors (Lipinski definition) is 5. The average molecular weight is 821 g/mol. The molecule has 5 amide bonds. The van der Waals surface area contributed by atoms with Gasteiger partial charge < -0.3 is 49.9 Å². The van der Waals surface area contributed by atoms with Gasteiger partial charge >= 0.3 is 18.3 Å². The Morgan fingerprint density at radius 2 is 1.30 bits per heavy atom. The van der Waals surface area contributed by atoms with Crippen molar-refractivity contribution in [3.63, 3.8) is 0 Å². The van der Waals surface area contributed by atoms with Gasteiger partial charge in [-0.3, -0.25) is 9.59 Å². The highest BCUT2D eigenvalue weighted by Crippen LogP contribution is 2.34. The first-order valence-electron chi connectivity index (χ1n) is 20.0. The Hall–Kier alpha value is -6.76. The van der Waals surface area contributed by atoms with E-state index < -0.39 is 36.4 Å². The van der Waals surface area contributed by atoms with Gasteiger partial charge in [0.2, 0.25) is 11.8 Å². The van der Waals surface area contributed by atoms with Gasteiger partial charge in [-0.1, -0.05) is 63.8 Å². The maximum absolute atomic E-state index is 13.8. The number of ether oxygens (including phenoxy) is 2. The Kier molecular flexibility index (Phi) is 13.5. The maximum atomic E-state index is 13.8. The highest BCUT2D eigenvalue weighted by atomic mass is 16.5. The quantitative estimate of drug-likeness (QED) is 0.123. The van der Waals surface area contributed by atoms with Crippen LogP contribution in [0.4, 0.5) is 14.4 Å². The number of aromatic nitrogens is 3. The summed E-state index contributed by atoms with van der Waals surface area (Å²) in [7, 11) is 2.51. The lowest BCUT2D eigenvalue weighted by atomic mass is 10.0. The molecule has 2 aromatic carbocycles. The second-order valence-corrected chi connectivity index (χ2v) is 15.6. The monoisotopic (exact) mass is 820 g/mol. The number of carbonyl (C=O) groups is 5. The van der Waals surface area contributed by atoms with Crippen molar-refractivity contribution < 1.29 is 38.6 Å². The number of carboxylic acid groups (broad SMARTS) is 1. The summed E-state index contributed by atoms with van der Waals surface area (Å²) in [5, 5.41) is 15.1. The van der Waals surface area contributed by atoms with Gasteiger partial charge in [-0.15, -0.1) is 0 Å². The summed E-state index contributed by atoms with van der Waals surface area (Å²) < 4.78 is 9.49. The molecule has 0 bridgehead atoms. The van der Waals surface area contributed by atoms with E-state index in [1.54, 1.807) is 11.1 Å². The van der Waals surface area contributed by atoms with Crippen molar-refractivity contribution in [3.8, 4) is 34.4 Å². The first kappa shape index (κ1) is 42.8. The van der Waals surface area contributed by atoms with Crippen molar-refractivity contribution >= 4 is 30.1 Å². The molecule has 0 unspecified atom stereocenters. The van der Waals surface area contributed by atoms with Gasteiger partial charge in [-0.25, -0.2) is 19.4 Å². The van der Waals surface area contributed by atoms with Crippen LogP contribution in [0.3, 0.4) is 0 Å². The molecule has 2 aliphatic rings. The number of piperazine rings is 1. The van der Waals surface area contributed by atoms with Crippen LogP contribution in [-0.4, -0.2) is 117 Å². The normalized spacial score (nSPS) is 17.4. The molecule has 0 saturated carbocycles. The zero-order chi connectivity index (χ0) is 43.1. The van der Waals surface area contributed by atoms with Crippen LogP contribution >= 0.6 is 0 Å². The predicted octanol–water partition coefficient (Wildman–Crippen LogP) is 5.76. The number of alkyl carbamates (subject to hydrolysis) is 2. The Bertz CT molecular complexity index is 2240. The van der Waals surface area contributed by atoms with Crippen LogP contribution in [-0.2, 0) is 19.1 Å². The third kappa shape index (κ3) is 9.74. The molecule has 4 aromatic rings. The zero-order valence-corrected chi connectivity index (χ0v) is 34.7. The number of imidazole rings is 1. The van der Waals surface area contributed by atoms with Crippen LogP contribution in [0.25, 0.3) is 22.5 Å². The standard InChI is InChI=1S/C44H52N8O8/c1-26(2)37(48-42(55)59-5)40(53)51-21-7-8-35(51)33-20-19-32(46-33)30-15-11-28(12-16-30)9-10-29-13-17-31(18-14-29)34-24-45-39(47-34)36-25-50(44(57)58)22-23-52(36)41(54)38(27(3)4)49-43(56)60-6/h11-20,24,26-27,35-38,46H,7-8,21-23,25H2,1-6H3,(H,45,47)(H,48,55)(H,49,56)(H,57,58)/t35-,36-,37-,38-/m0/s1. The topological polar surface area (TPSA) is 202 Å². The molecule has 2 aliphatic heterocycles. The summed E-state index contributed by atoms with van der Waals surface area (Å²) in [5.74, 6) is 6.03. The van der Waals surface area contributed by atoms with E-state index in [0.29, 0.717) is 18.1 Å². The maximum Gasteiger partial charge on any atom is 0.407 e. The van der Waals surface area contributed by atoms with Crippen LogP contribution in [0.5, 0.6) is 0 Å². The van der Waals surface area contributed by atoms with Gasteiger partial charge in [-0.05, 0) is 66.6 Å². The number of carbonyl (C=O) groups excluding carboxylic acids is 4. The number of nitrogens with one attached hydrogen (secondary N) is 4. The molecular formula is C44H52N8O8. The molecule has 16 heteroatoms. The summed E-state index contributed by atoms with van der Waals surface area (Å²) >= 11 is 0. The summed E-state index contributed by atoms with van der Waals surface area (Å²) in [6, 6.07) is 17.1. The number of H-pyrrole nitrogens is 2. The zero-order valence-electron chi connectivity index (χ0n) is 34.7. The van der Waals surface area contributed by atoms with E-state index in [9.17, 15) is 29.1 Å². The molecule has 4 heterocycles. The minimum atomic E-state index is -1.09. The number of amides is 5. The largest absolute Gasteiger partial charge is 0.465 e. The Morgan fingerprint density at radius 1 is 0.750 bits per heavy atom. The van der Waals surface area contributed by atoms with Gasteiger partial charge in [0.05, 0.1) is 32.5 Å². The van der Waals surface area contributed by atoms with Crippen LogP contribution in [0.15, 0.2) is 66.9 Å². The van der Waals surface area contributed by atoms with Crippen molar-refractivity contribution in [1.29, 1.82) is 0 Å². The SMILES string of the molecule is COC(=O)N[C@H](C(=O)N1CCC[C@H]1c1ccc(-c2ccc(C#Cc3ccc(-c4c[nH]c([C@@H]5CN(C(=O)O)CCN5C(=O)[C@@H](NC(=O)OC)C(C)C)n4)cc3)cc2)[nH]1)C(C)C. The molecule has 5 N–H and O–H groups in total. The molecule has 60 heavy (non-hydrogen) atoms. The second-order valence-electron chi connectivity index (χ2n) is 15.6. The van der Waals surface area contributed by atoms with E-state index in [2.05, 4.69) is 32.4 Å². The van der Waals surface area contributed by atoms with Crippen molar-refractivity contribution in [1.82, 2.24) is 40.3 Å². The van der Waals surface area contributed by atoms with E-state index in [1.165, 1.54) is 19.1 Å². The second kappa shape index (κ2) is 18.9. The van der Waals surface area contributed by atoms with Crippen molar-refractivity contribution in [2.24, 2.45) is 11.8 Å². The van der Waals surface area contributed by atoms with E-state index in [-0.39, 0.29) is 49.3 Å². The summed E-state index contributed by atoms with van der Waals surface area (Å²) in [5.41, 5.74) is 5.89. The Labute approximate surface area is 349 Å². The lowest BCUT2D eigenvalue weighted by molar-refractivity contribution is -0.139. The minimum Gasteiger partial charge on any atom is -0.465 e. The van der Waals surface area contributed by atoms with Crippen LogP contribution in [0.1, 0.15) is 75.3 Å². The summed E-state index contributed by atoms with van der Waals surface area (Å²) in [6.45, 7) is 8.29. The average Bonchev–Trinajstić information content (AvgIpc) is 4.05. The molecule has 6 rings (SSSR count). The first-order chi connectivity index (χ1) is 28.8. The van der Waals surface area contributed by atoms with Gasteiger partial charge in [0.15, 0.2) is 0 Å². The molecule has 2 aromatic heterocycles. The van der Waals surface area contributed by atoms with Crippen LogP contribution in [0.2, 0.25) is 0 Å². The number of likely N-dealkylation sites (tertiary alicyclic amines) is 1. The molecule has 2 fully saturated rings. The van der Waals surface area contributed by atoms with Crippen molar-refractivity contribution in [3.05, 3.63) is 89.5 Å². The van der Waals surface area contributed by atoms with Crippen molar-refractivity contribution in [2.45, 2.75) is 64.7 Å². The Morgan fingerprint density at radius 3 is 1.83 bits per heavy atom. The summed E-state index contributed by atoms with van der Waals surface area (Å²) in [6.07, 6.45) is 0.957. The van der Waals surface area contributed by atoms with E-state index in [0.717, 1.165) is 46.5 Å². The molecular weight excluding hydrogens is 769 g/mol. The number of rotatable bonds is 10. The number of benzene rings is 2. The third-order valence-electron chi connectivity index (χ3n) is 11.0. The van der Waals surface area contributed by atoms with Crippen LogP contribution in [0, 0.1) is 23.7 Å². The van der Waals surface area contributed by atoms with Gasteiger partial charge in [0.1, 0.15) is 23.9 Å². The van der Waals surface area contributed by atoms with E-state index in [4.69, 9.17) is 14.5 Å². The molecule has 316 valence electrons. The molecule has 2 saturated heterocycles. The highest BCUT2D eigenvalue weighted by molar-refractivity contribution is 5.87. The number of nitrogens with zero attached hydrogens (tertiary/aromatic N) is 4. The molecule has 4 atom stereocenters. The lowest BCUT2D eigenvalue weighted by Gasteiger charge is -2.41. The van der Waals surface area contributed by atoms with Crippen molar-refractivity contribution in [2.75, 3.05) is 40.4 Å². The number of aromatic amines is 2. The fourth-order valence-corrected chi connectivity index (χ4v) is 7.60. The highest BCUT2D eigenvalue weighted by Gasteiger charge is 2.40. The Balaban J connectivity index is 1.11. The fourth-order valence-electron chi connectivity index (χ4n) is 7.60. The molecule has 0 radical (unpaired) electrons. The molecule has 16 nitrogen and oxygen atoms in total. The van der Waals surface area contributed by atoms with Gasteiger partial charge in [-0.2, -0.15) is 0 Å². The smallest absolute Gasteiger partial charge is 0.407 e. The molecule has 0 aliphatic carbocycles. The van der Waals surface area contributed by atoms with Gasteiger partial charge in [0.25, 0.3) is 0 Å².